The Kier molecular flexibility index (Phi) is 3.39. The summed E-state index contributed by atoms with van der Waals surface area (Å²) < 4.78 is 2.08. The SMILES string of the molecule is Cc1nc2cc(C(c3cccc(Cl)c3)n3ccnc3)ccc2[nH]1. The van der Waals surface area contributed by atoms with Gasteiger partial charge in [0.1, 0.15) is 5.82 Å². The predicted molar refractivity (Wildman–Crippen MR) is 91.8 cm³/mol. The first-order valence-corrected chi connectivity index (χ1v) is 7.78. The van der Waals surface area contributed by atoms with E-state index in [1.165, 1.54) is 0 Å². The van der Waals surface area contributed by atoms with E-state index >= 15 is 0 Å². The summed E-state index contributed by atoms with van der Waals surface area (Å²) in [6.45, 7) is 1.96. The van der Waals surface area contributed by atoms with Crippen LogP contribution >= 0.6 is 11.6 Å². The molecule has 0 aliphatic rings. The number of hydrogen-bond donors (Lipinski definition) is 1. The lowest BCUT2D eigenvalue weighted by atomic mass is 9.98. The molecule has 1 atom stereocenters. The zero-order chi connectivity index (χ0) is 15.8. The van der Waals surface area contributed by atoms with Crippen LogP contribution in [0.25, 0.3) is 11.0 Å². The zero-order valence-electron chi connectivity index (χ0n) is 12.6. The molecule has 1 N–H and O–H groups in total. The minimum Gasteiger partial charge on any atom is -0.342 e. The van der Waals surface area contributed by atoms with Crippen molar-refractivity contribution in [1.82, 2.24) is 19.5 Å². The van der Waals surface area contributed by atoms with Crippen LogP contribution in [0.15, 0.2) is 61.2 Å². The first kappa shape index (κ1) is 14.0. The van der Waals surface area contributed by atoms with Gasteiger partial charge in [0.2, 0.25) is 0 Å². The number of nitrogens with zero attached hydrogens (tertiary/aromatic N) is 3. The third-order valence-corrected chi connectivity index (χ3v) is 4.16. The van der Waals surface area contributed by atoms with Crippen molar-refractivity contribution in [2.75, 3.05) is 0 Å². The van der Waals surface area contributed by atoms with E-state index in [-0.39, 0.29) is 6.04 Å². The van der Waals surface area contributed by atoms with Crippen LogP contribution in [-0.4, -0.2) is 19.5 Å². The Morgan fingerprint density at radius 1 is 1.13 bits per heavy atom. The summed E-state index contributed by atoms with van der Waals surface area (Å²) in [6.07, 6.45) is 5.58. The molecule has 114 valence electrons. The number of aromatic nitrogens is 4. The van der Waals surface area contributed by atoms with Crippen molar-refractivity contribution in [3.8, 4) is 0 Å². The molecule has 4 nitrogen and oxygen atoms in total. The minimum atomic E-state index is 0.0117. The lowest BCUT2D eigenvalue weighted by Gasteiger charge is -2.20. The molecule has 2 heterocycles. The monoisotopic (exact) mass is 322 g/mol. The number of halogens is 1. The van der Waals surface area contributed by atoms with Gasteiger partial charge in [0.25, 0.3) is 0 Å². The van der Waals surface area contributed by atoms with Crippen LogP contribution in [0.1, 0.15) is 23.0 Å². The fourth-order valence-electron chi connectivity index (χ4n) is 2.96. The van der Waals surface area contributed by atoms with E-state index in [0.717, 1.165) is 33.0 Å². The average molecular weight is 323 g/mol. The number of rotatable bonds is 3. The molecular weight excluding hydrogens is 308 g/mol. The topological polar surface area (TPSA) is 46.5 Å². The fourth-order valence-corrected chi connectivity index (χ4v) is 3.15. The van der Waals surface area contributed by atoms with Gasteiger partial charge in [-0.1, -0.05) is 29.8 Å². The molecular formula is C18H15ClN4. The molecule has 23 heavy (non-hydrogen) atoms. The fraction of sp³-hybridized carbons (Fsp3) is 0.111. The molecule has 0 fully saturated rings. The molecule has 5 heteroatoms. The lowest BCUT2D eigenvalue weighted by Crippen LogP contribution is -2.10. The molecule has 0 aliphatic carbocycles. The van der Waals surface area contributed by atoms with Crippen LogP contribution in [0.4, 0.5) is 0 Å². The van der Waals surface area contributed by atoms with Gasteiger partial charge >= 0.3 is 0 Å². The summed E-state index contributed by atoms with van der Waals surface area (Å²) >= 11 is 6.19. The van der Waals surface area contributed by atoms with E-state index in [4.69, 9.17) is 11.6 Å². The summed E-state index contributed by atoms with van der Waals surface area (Å²) in [7, 11) is 0. The molecule has 0 aliphatic heterocycles. The second-order valence-electron chi connectivity index (χ2n) is 5.57. The van der Waals surface area contributed by atoms with E-state index in [1.807, 2.05) is 37.6 Å². The molecule has 0 radical (unpaired) electrons. The van der Waals surface area contributed by atoms with Gasteiger partial charge in [-0.15, -0.1) is 0 Å². The van der Waals surface area contributed by atoms with E-state index in [0.29, 0.717) is 0 Å². The summed E-state index contributed by atoms with van der Waals surface area (Å²) in [5.41, 5.74) is 4.26. The van der Waals surface area contributed by atoms with Crippen molar-refractivity contribution >= 4 is 22.6 Å². The Morgan fingerprint density at radius 3 is 2.78 bits per heavy atom. The van der Waals surface area contributed by atoms with Gasteiger partial charge in [0, 0.05) is 17.4 Å². The van der Waals surface area contributed by atoms with Crippen molar-refractivity contribution < 1.29 is 0 Å². The summed E-state index contributed by atoms with van der Waals surface area (Å²) in [5, 5.41) is 0.726. The first-order valence-electron chi connectivity index (χ1n) is 7.40. The standard InChI is InChI=1S/C18H15ClN4/c1-12-21-16-6-5-14(10-17(16)22-12)18(23-8-7-20-11-23)13-3-2-4-15(19)9-13/h2-11,18H,1H3,(H,21,22). The van der Waals surface area contributed by atoms with Crippen LogP contribution in [0, 0.1) is 6.92 Å². The Morgan fingerprint density at radius 2 is 2.00 bits per heavy atom. The number of nitrogens with one attached hydrogen (secondary N) is 1. The van der Waals surface area contributed by atoms with Crippen molar-refractivity contribution in [2.45, 2.75) is 13.0 Å². The van der Waals surface area contributed by atoms with Gasteiger partial charge in [-0.3, -0.25) is 0 Å². The molecule has 2 aromatic carbocycles. The molecule has 0 saturated carbocycles. The largest absolute Gasteiger partial charge is 0.342 e. The minimum absolute atomic E-state index is 0.0117. The number of fused-ring (bicyclic) bond motifs is 1. The number of aromatic amines is 1. The molecule has 4 aromatic rings. The van der Waals surface area contributed by atoms with Crippen LogP contribution in [0.3, 0.4) is 0 Å². The Labute approximate surface area is 138 Å². The lowest BCUT2D eigenvalue weighted by molar-refractivity contribution is 0.677. The zero-order valence-corrected chi connectivity index (χ0v) is 13.3. The van der Waals surface area contributed by atoms with Crippen LogP contribution in [0.2, 0.25) is 5.02 Å². The second kappa shape index (κ2) is 5.56. The molecule has 1 unspecified atom stereocenters. The van der Waals surface area contributed by atoms with E-state index in [1.54, 1.807) is 6.20 Å². The van der Waals surface area contributed by atoms with E-state index < -0.39 is 0 Å². The highest BCUT2D eigenvalue weighted by Gasteiger charge is 2.17. The number of imidazole rings is 2. The quantitative estimate of drug-likeness (QED) is 0.609. The molecule has 4 rings (SSSR count). The van der Waals surface area contributed by atoms with Crippen molar-refractivity contribution in [1.29, 1.82) is 0 Å². The number of aryl methyl sites for hydroxylation is 1. The number of hydrogen-bond acceptors (Lipinski definition) is 2. The van der Waals surface area contributed by atoms with Crippen molar-refractivity contribution in [2.24, 2.45) is 0 Å². The normalized spacial score (nSPS) is 12.6. The van der Waals surface area contributed by atoms with E-state index in [9.17, 15) is 0 Å². The molecule has 0 spiro atoms. The molecule has 0 bridgehead atoms. The van der Waals surface area contributed by atoms with Gasteiger partial charge in [-0.2, -0.15) is 0 Å². The van der Waals surface area contributed by atoms with Gasteiger partial charge in [-0.25, -0.2) is 9.97 Å². The van der Waals surface area contributed by atoms with Crippen molar-refractivity contribution in [3.05, 3.63) is 83.2 Å². The summed E-state index contributed by atoms with van der Waals surface area (Å²) in [5.74, 6) is 0.916. The number of H-pyrrole nitrogens is 1. The first-order chi connectivity index (χ1) is 11.2. The Balaban J connectivity index is 1.89. The van der Waals surface area contributed by atoms with E-state index in [2.05, 4.69) is 43.8 Å². The second-order valence-corrected chi connectivity index (χ2v) is 6.00. The molecule has 0 saturated heterocycles. The molecule has 0 amide bonds. The van der Waals surface area contributed by atoms with Crippen LogP contribution in [0.5, 0.6) is 0 Å². The highest BCUT2D eigenvalue weighted by atomic mass is 35.5. The third kappa shape index (κ3) is 2.62. The maximum absolute atomic E-state index is 6.19. The maximum Gasteiger partial charge on any atom is 0.104 e. The van der Waals surface area contributed by atoms with Gasteiger partial charge in [-0.05, 0) is 42.3 Å². The highest BCUT2D eigenvalue weighted by Crippen LogP contribution is 2.30. The molecule has 2 aromatic heterocycles. The third-order valence-electron chi connectivity index (χ3n) is 3.93. The Hall–Kier alpha value is -2.59. The smallest absolute Gasteiger partial charge is 0.104 e. The predicted octanol–water partition coefficient (Wildman–Crippen LogP) is 4.36. The summed E-state index contributed by atoms with van der Waals surface area (Å²) in [6, 6.07) is 14.2. The highest BCUT2D eigenvalue weighted by molar-refractivity contribution is 6.30. The van der Waals surface area contributed by atoms with Gasteiger partial charge < -0.3 is 9.55 Å². The summed E-state index contributed by atoms with van der Waals surface area (Å²) in [4.78, 5) is 12.0. The Bertz CT molecular complexity index is 956. The maximum atomic E-state index is 6.19. The number of benzene rings is 2. The van der Waals surface area contributed by atoms with Crippen LogP contribution < -0.4 is 0 Å². The van der Waals surface area contributed by atoms with Gasteiger partial charge in [0.15, 0.2) is 0 Å². The average Bonchev–Trinajstić information content (AvgIpc) is 3.16. The van der Waals surface area contributed by atoms with Crippen molar-refractivity contribution in [3.63, 3.8) is 0 Å². The van der Waals surface area contributed by atoms with Crippen LogP contribution in [-0.2, 0) is 0 Å². The van der Waals surface area contributed by atoms with Gasteiger partial charge in [0.05, 0.1) is 23.4 Å².